The van der Waals surface area contributed by atoms with E-state index in [4.69, 9.17) is 36.6 Å². The standard InChI is InChI=1S/C4H2O10P2/c5-15-9-2(10-15)1-7-3-4(8-2,13-15)14-16(6,11-3)12-3/h1H2. The summed E-state index contributed by atoms with van der Waals surface area (Å²) < 4.78 is 62.3. The van der Waals surface area contributed by atoms with Gasteiger partial charge in [0.15, 0.2) is 0 Å². The fourth-order valence-electron chi connectivity index (χ4n) is 2.01. The molecule has 0 radical (unpaired) electrons. The summed E-state index contributed by atoms with van der Waals surface area (Å²) in [6.45, 7) is -0.272. The molecule has 7 rings (SSSR count). The van der Waals surface area contributed by atoms with Crippen molar-refractivity contribution in [3.8, 4) is 0 Å². The molecule has 0 aliphatic carbocycles. The van der Waals surface area contributed by atoms with Crippen molar-refractivity contribution in [1.82, 2.24) is 0 Å². The van der Waals surface area contributed by atoms with E-state index in [9.17, 15) is 9.13 Å². The zero-order valence-corrected chi connectivity index (χ0v) is 8.97. The van der Waals surface area contributed by atoms with Crippen molar-refractivity contribution in [2.75, 3.05) is 6.61 Å². The van der Waals surface area contributed by atoms with Gasteiger partial charge in [-0.05, 0) is 0 Å². The second-order valence-electron chi connectivity index (χ2n) is 3.63. The summed E-state index contributed by atoms with van der Waals surface area (Å²) in [5, 5.41) is 0. The number of rotatable bonds is 0. The monoisotopic (exact) mass is 272 g/mol. The summed E-state index contributed by atoms with van der Waals surface area (Å²) in [4.78, 5) is 0. The average Bonchev–Trinajstić information content (AvgIpc) is 2.39. The maximum absolute atomic E-state index is 11.6. The zero-order chi connectivity index (χ0) is 10.9. The van der Waals surface area contributed by atoms with Crippen molar-refractivity contribution in [3.05, 3.63) is 0 Å². The van der Waals surface area contributed by atoms with E-state index in [1.54, 1.807) is 0 Å². The molecule has 0 aromatic heterocycles. The van der Waals surface area contributed by atoms with Crippen molar-refractivity contribution in [2.45, 2.75) is 17.9 Å². The number of ether oxygens (including phenoxy) is 2. The predicted octanol–water partition coefficient (Wildman–Crippen LogP) is 0.365. The molecular weight excluding hydrogens is 270 g/mol. The minimum Gasteiger partial charge on any atom is -0.312 e. The summed E-state index contributed by atoms with van der Waals surface area (Å²) in [6.07, 6.45) is 0. The highest BCUT2D eigenvalue weighted by Gasteiger charge is 2.93. The molecule has 3 spiro atoms. The summed E-state index contributed by atoms with van der Waals surface area (Å²) in [5.74, 6) is -5.68. The van der Waals surface area contributed by atoms with Gasteiger partial charge in [0.1, 0.15) is 6.61 Å². The molecule has 12 heteroatoms. The SMILES string of the molecule is O=P12OC3(COC45OP(=O)(OC4(O3)O1)O5)O2. The maximum Gasteiger partial charge on any atom is 0.488 e. The molecule has 0 amide bonds. The Balaban J connectivity index is 1.71. The lowest BCUT2D eigenvalue weighted by Crippen LogP contribution is -2.74. The van der Waals surface area contributed by atoms with Gasteiger partial charge in [-0.15, -0.1) is 0 Å². The van der Waals surface area contributed by atoms with Gasteiger partial charge in [0, 0.05) is 0 Å². The van der Waals surface area contributed by atoms with Crippen LogP contribution in [0.25, 0.3) is 0 Å². The molecule has 7 aliphatic heterocycles. The van der Waals surface area contributed by atoms with Gasteiger partial charge in [0.2, 0.25) is 0 Å². The first-order valence-corrected chi connectivity index (χ1v) is 7.11. The molecule has 5 bridgehead atoms. The minimum atomic E-state index is -3.77. The van der Waals surface area contributed by atoms with Gasteiger partial charge >= 0.3 is 33.6 Å². The maximum atomic E-state index is 11.6. The largest absolute Gasteiger partial charge is 0.488 e. The van der Waals surface area contributed by atoms with Gasteiger partial charge < -0.3 is 4.74 Å². The zero-order valence-electron chi connectivity index (χ0n) is 7.18. The van der Waals surface area contributed by atoms with Crippen molar-refractivity contribution >= 4 is 15.6 Å². The quantitative estimate of drug-likeness (QED) is 0.573. The highest BCUT2D eigenvalue weighted by molar-refractivity contribution is 7.51. The van der Waals surface area contributed by atoms with Crippen LogP contribution in [0.2, 0.25) is 0 Å². The van der Waals surface area contributed by atoms with Gasteiger partial charge in [0.25, 0.3) is 0 Å². The smallest absolute Gasteiger partial charge is 0.312 e. The Morgan fingerprint density at radius 1 is 0.812 bits per heavy atom. The highest BCUT2D eigenvalue weighted by Crippen LogP contribution is 2.86. The first-order chi connectivity index (χ1) is 7.41. The van der Waals surface area contributed by atoms with Crippen LogP contribution in [0.15, 0.2) is 0 Å². The molecule has 0 N–H and O–H groups in total. The van der Waals surface area contributed by atoms with Crippen molar-refractivity contribution in [2.24, 2.45) is 0 Å². The van der Waals surface area contributed by atoms with Crippen LogP contribution in [-0.4, -0.2) is 24.5 Å². The summed E-state index contributed by atoms with van der Waals surface area (Å²) in [7, 11) is -7.50. The second-order valence-corrected chi connectivity index (χ2v) is 6.51. The fourth-order valence-corrected chi connectivity index (χ4v) is 4.98. The Labute approximate surface area is 86.8 Å². The van der Waals surface area contributed by atoms with E-state index >= 15 is 0 Å². The van der Waals surface area contributed by atoms with Crippen LogP contribution < -0.4 is 0 Å². The molecule has 16 heavy (non-hydrogen) atoms. The van der Waals surface area contributed by atoms with E-state index in [1.165, 1.54) is 0 Å². The predicted molar refractivity (Wildman–Crippen MR) is 37.0 cm³/mol. The number of phosphoric ester groups is 2. The average molecular weight is 272 g/mol. The van der Waals surface area contributed by atoms with Crippen LogP contribution in [0.4, 0.5) is 0 Å². The summed E-state index contributed by atoms with van der Waals surface area (Å²) >= 11 is 0. The number of hydrogen-bond donors (Lipinski definition) is 0. The Bertz CT molecular complexity index is 507. The first kappa shape index (κ1) is 9.12. The van der Waals surface area contributed by atoms with Crippen molar-refractivity contribution < 1.29 is 45.7 Å². The number of phosphoric acid groups is 2. The lowest BCUT2D eigenvalue weighted by molar-refractivity contribution is -0.613. The molecule has 0 aromatic carbocycles. The normalized spacial score (nSPS) is 73.8. The third-order valence-electron chi connectivity index (χ3n) is 2.53. The topological polar surface area (TPSA) is 108 Å². The van der Waals surface area contributed by atoms with Gasteiger partial charge in [0.05, 0.1) is 0 Å². The lowest BCUT2D eigenvalue weighted by atomic mass is 10.4. The van der Waals surface area contributed by atoms with Crippen molar-refractivity contribution in [3.63, 3.8) is 0 Å². The molecule has 88 valence electrons. The number of hydrogen-bond acceptors (Lipinski definition) is 10. The van der Waals surface area contributed by atoms with Gasteiger partial charge in [-0.3, -0.25) is 4.74 Å². The van der Waals surface area contributed by atoms with Crippen LogP contribution in [0.3, 0.4) is 0 Å². The van der Waals surface area contributed by atoms with E-state index in [0.717, 1.165) is 0 Å². The Kier molecular flexibility index (Phi) is 1.13. The molecule has 10 nitrogen and oxygen atoms in total. The van der Waals surface area contributed by atoms with Crippen molar-refractivity contribution in [1.29, 1.82) is 0 Å². The van der Waals surface area contributed by atoms with Crippen LogP contribution >= 0.6 is 15.6 Å². The van der Waals surface area contributed by atoms with E-state index in [1.807, 2.05) is 0 Å². The molecule has 7 saturated heterocycles. The fraction of sp³-hybridized carbons (Fsp3) is 1.00. The summed E-state index contributed by atoms with van der Waals surface area (Å²) in [6, 6.07) is 0. The third-order valence-corrected chi connectivity index (χ3v) is 5.39. The second kappa shape index (κ2) is 1.98. The van der Waals surface area contributed by atoms with E-state index in [-0.39, 0.29) is 6.61 Å². The van der Waals surface area contributed by atoms with E-state index in [0.29, 0.717) is 0 Å². The van der Waals surface area contributed by atoms with E-state index < -0.39 is 33.6 Å². The third kappa shape index (κ3) is 0.722. The molecule has 1 unspecified atom stereocenters. The molecule has 1 atom stereocenters. The van der Waals surface area contributed by atoms with Crippen LogP contribution in [0.1, 0.15) is 0 Å². The van der Waals surface area contributed by atoms with Crippen LogP contribution in [-0.2, 0) is 45.7 Å². The van der Waals surface area contributed by atoms with E-state index in [2.05, 4.69) is 0 Å². The Morgan fingerprint density at radius 2 is 1.38 bits per heavy atom. The molecular formula is C4H2O10P2. The lowest BCUT2D eigenvalue weighted by Gasteiger charge is -2.57. The van der Waals surface area contributed by atoms with Crippen LogP contribution in [0.5, 0.6) is 0 Å². The van der Waals surface area contributed by atoms with Gasteiger partial charge in [-0.2, -0.15) is 0 Å². The summed E-state index contributed by atoms with van der Waals surface area (Å²) in [5.41, 5.74) is 0. The molecule has 0 aromatic rings. The Hall–Kier alpha value is 0.140. The van der Waals surface area contributed by atoms with Gasteiger partial charge in [-0.25, -0.2) is 36.3 Å². The van der Waals surface area contributed by atoms with Gasteiger partial charge in [-0.1, -0.05) is 0 Å². The Morgan fingerprint density at radius 3 is 2.06 bits per heavy atom. The highest BCUT2D eigenvalue weighted by atomic mass is 31.2. The van der Waals surface area contributed by atoms with Crippen LogP contribution in [0, 0.1) is 0 Å². The molecule has 7 fully saturated rings. The first-order valence-electron chi connectivity index (χ1n) is 4.19. The molecule has 7 heterocycles. The molecule has 0 saturated carbocycles. The minimum absolute atomic E-state index is 0.272. The molecule has 7 aliphatic rings.